The Labute approximate surface area is 168 Å². The molecule has 0 N–H and O–H groups in total. The highest BCUT2D eigenvalue weighted by atomic mass is 32.2. The molecule has 0 aliphatic carbocycles. The highest BCUT2D eigenvalue weighted by Crippen LogP contribution is 2.15. The van der Waals surface area contributed by atoms with Crippen LogP contribution in [0.2, 0.25) is 0 Å². The van der Waals surface area contributed by atoms with Crippen LogP contribution in [0, 0.1) is 12.8 Å². The SMILES string of the molecule is Cc1ccc(S(=O)(=O)OCC2COCCCOCCCOCCCOC2)cc1. The van der Waals surface area contributed by atoms with Gasteiger partial charge in [-0.2, -0.15) is 8.42 Å². The van der Waals surface area contributed by atoms with E-state index in [-0.39, 0.29) is 17.4 Å². The first-order chi connectivity index (χ1) is 13.6. The van der Waals surface area contributed by atoms with E-state index >= 15 is 0 Å². The van der Waals surface area contributed by atoms with Crippen molar-refractivity contribution in [2.24, 2.45) is 5.92 Å². The Kier molecular flexibility index (Phi) is 11.0. The summed E-state index contributed by atoms with van der Waals surface area (Å²) in [7, 11) is -3.80. The van der Waals surface area contributed by atoms with Gasteiger partial charge in [0, 0.05) is 45.6 Å². The average Bonchev–Trinajstić information content (AvgIpc) is 2.67. The van der Waals surface area contributed by atoms with E-state index in [0.29, 0.717) is 52.9 Å². The van der Waals surface area contributed by atoms with Crippen LogP contribution < -0.4 is 0 Å². The summed E-state index contributed by atoms with van der Waals surface area (Å²) in [6.45, 7) is 6.42. The highest BCUT2D eigenvalue weighted by molar-refractivity contribution is 7.86. The lowest BCUT2D eigenvalue weighted by molar-refractivity contribution is 0.00268. The van der Waals surface area contributed by atoms with Crippen molar-refractivity contribution in [3.63, 3.8) is 0 Å². The summed E-state index contributed by atoms with van der Waals surface area (Å²) in [6.07, 6.45) is 2.46. The van der Waals surface area contributed by atoms with E-state index in [2.05, 4.69) is 0 Å². The standard InChI is InChI=1S/C20H32O7S/c1-18-5-7-20(8-6-18)28(21,22)27-17-19-15-25-13-3-11-23-9-2-10-24-12-4-14-26-16-19/h5-8,19H,2-4,9-17H2,1H3. The van der Waals surface area contributed by atoms with E-state index in [1.54, 1.807) is 24.3 Å². The Morgan fingerprint density at radius 3 is 1.79 bits per heavy atom. The minimum Gasteiger partial charge on any atom is -0.381 e. The van der Waals surface area contributed by atoms with Crippen molar-refractivity contribution in [3.05, 3.63) is 29.8 Å². The smallest absolute Gasteiger partial charge is 0.296 e. The molecule has 7 nitrogen and oxygen atoms in total. The summed E-state index contributed by atoms with van der Waals surface area (Å²) < 4.78 is 52.4. The van der Waals surface area contributed by atoms with Gasteiger partial charge in [0.25, 0.3) is 10.1 Å². The summed E-state index contributed by atoms with van der Waals surface area (Å²) in [5.41, 5.74) is 0.992. The Morgan fingerprint density at radius 1 is 0.821 bits per heavy atom. The summed E-state index contributed by atoms with van der Waals surface area (Å²) in [6, 6.07) is 6.60. The number of hydrogen-bond donors (Lipinski definition) is 0. The third-order valence-electron chi connectivity index (χ3n) is 4.21. The molecule has 0 bridgehead atoms. The maximum absolute atomic E-state index is 12.4. The van der Waals surface area contributed by atoms with E-state index in [1.807, 2.05) is 6.92 Å². The predicted molar refractivity (Wildman–Crippen MR) is 105 cm³/mol. The van der Waals surface area contributed by atoms with Crippen LogP contribution in [0.15, 0.2) is 29.2 Å². The molecule has 1 aromatic rings. The minimum atomic E-state index is -3.80. The molecule has 1 heterocycles. The Balaban J connectivity index is 1.83. The lowest BCUT2D eigenvalue weighted by atomic mass is 10.2. The molecule has 160 valence electrons. The third kappa shape index (κ3) is 9.45. The van der Waals surface area contributed by atoms with Gasteiger partial charge in [-0.1, -0.05) is 17.7 Å². The van der Waals surface area contributed by atoms with Crippen molar-refractivity contribution in [3.8, 4) is 0 Å². The van der Waals surface area contributed by atoms with Crippen LogP contribution >= 0.6 is 0 Å². The van der Waals surface area contributed by atoms with Gasteiger partial charge < -0.3 is 18.9 Å². The van der Waals surface area contributed by atoms with Crippen molar-refractivity contribution in [2.45, 2.75) is 31.1 Å². The molecule has 2 rings (SSSR count). The molecule has 1 aromatic carbocycles. The number of benzene rings is 1. The molecule has 0 unspecified atom stereocenters. The van der Waals surface area contributed by atoms with E-state index < -0.39 is 10.1 Å². The molecule has 0 aromatic heterocycles. The molecular weight excluding hydrogens is 384 g/mol. The summed E-state index contributed by atoms with van der Waals surface area (Å²) in [5, 5.41) is 0. The quantitative estimate of drug-likeness (QED) is 0.698. The minimum absolute atomic E-state index is 0.0171. The van der Waals surface area contributed by atoms with Gasteiger partial charge in [-0.3, -0.25) is 4.18 Å². The molecule has 0 spiro atoms. The molecule has 0 saturated carbocycles. The van der Waals surface area contributed by atoms with Gasteiger partial charge in [0.1, 0.15) is 0 Å². The van der Waals surface area contributed by atoms with Crippen LogP contribution in [-0.4, -0.2) is 67.9 Å². The van der Waals surface area contributed by atoms with Gasteiger partial charge in [-0.25, -0.2) is 0 Å². The van der Waals surface area contributed by atoms with Crippen LogP contribution in [0.25, 0.3) is 0 Å². The monoisotopic (exact) mass is 416 g/mol. The number of aryl methyl sites for hydroxylation is 1. The highest BCUT2D eigenvalue weighted by Gasteiger charge is 2.19. The lowest BCUT2D eigenvalue weighted by Gasteiger charge is -2.18. The van der Waals surface area contributed by atoms with E-state index in [4.69, 9.17) is 23.1 Å². The van der Waals surface area contributed by atoms with Crippen molar-refractivity contribution in [2.75, 3.05) is 59.5 Å². The molecule has 0 atom stereocenters. The van der Waals surface area contributed by atoms with Crippen LogP contribution in [0.3, 0.4) is 0 Å². The van der Waals surface area contributed by atoms with Gasteiger partial charge in [0.2, 0.25) is 0 Å². The van der Waals surface area contributed by atoms with Gasteiger partial charge in [-0.15, -0.1) is 0 Å². The van der Waals surface area contributed by atoms with Crippen molar-refractivity contribution in [1.82, 2.24) is 0 Å². The van der Waals surface area contributed by atoms with Crippen LogP contribution in [-0.2, 0) is 33.2 Å². The first-order valence-electron chi connectivity index (χ1n) is 9.85. The molecular formula is C20H32O7S. The Morgan fingerprint density at radius 2 is 1.29 bits per heavy atom. The van der Waals surface area contributed by atoms with Crippen LogP contribution in [0.5, 0.6) is 0 Å². The molecule has 1 fully saturated rings. The fourth-order valence-electron chi connectivity index (χ4n) is 2.60. The summed E-state index contributed by atoms with van der Waals surface area (Å²) in [4.78, 5) is 0.155. The molecule has 0 amide bonds. The number of hydrogen-bond acceptors (Lipinski definition) is 7. The van der Waals surface area contributed by atoms with Gasteiger partial charge in [-0.05, 0) is 38.3 Å². The number of rotatable bonds is 4. The maximum atomic E-state index is 12.4. The largest absolute Gasteiger partial charge is 0.381 e. The van der Waals surface area contributed by atoms with Crippen LogP contribution in [0.1, 0.15) is 24.8 Å². The second kappa shape index (κ2) is 13.2. The second-order valence-electron chi connectivity index (χ2n) is 6.85. The zero-order valence-electron chi connectivity index (χ0n) is 16.6. The van der Waals surface area contributed by atoms with Gasteiger partial charge in [0.05, 0.1) is 24.7 Å². The average molecular weight is 417 g/mol. The van der Waals surface area contributed by atoms with E-state index in [0.717, 1.165) is 24.8 Å². The van der Waals surface area contributed by atoms with Crippen molar-refractivity contribution < 1.29 is 31.5 Å². The normalized spacial score (nSPS) is 20.0. The molecule has 0 radical (unpaired) electrons. The molecule has 1 aliphatic heterocycles. The predicted octanol–water partition coefficient (Wildman–Crippen LogP) is 2.57. The van der Waals surface area contributed by atoms with Gasteiger partial charge >= 0.3 is 0 Å². The number of ether oxygens (including phenoxy) is 4. The Bertz CT molecular complexity index is 614. The maximum Gasteiger partial charge on any atom is 0.296 e. The van der Waals surface area contributed by atoms with Gasteiger partial charge in [0.15, 0.2) is 0 Å². The summed E-state index contributed by atoms with van der Waals surface area (Å²) in [5.74, 6) is -0.171. The Hall–Kier alpha value is -1.03. The molecule has 1 aliphatic rings. The zero-order chi connectivity index (χ0) is 20.1. The zero-order valence-corrected chi connectivity index (χ0v) is 17.5. The van der Waals surface area contributed by atoms with E-state index in [9.17, 15) is 8.42 Å². The third-order valence-corrected chi connectivity index (χ3v) is 5.50. The molecule has 8 heteroatoms. The fourth-order valence-corrected chi connectivity index (χ4v) is 3.57. The van der Waals surface area contributed by atoms with Crippen LogP contribution in [0.4, 0.5) is 0 Å². The van der Waals surface area contributed by atoms with Crippen molar-refractivity contribution in [1.29, 1.82) is 0 Å². The molecule has 28 heavy (non-hydrogen) atoms. The topological polar surface area (TPSA) is 80.3 Å². The summed E-state index contributed by atoms with van der Waals surface area (Å²) >= 11 is 0. The second-order valence-corrected chi connectivity index (χ2v) is 8.47. The fraction of sp³-hybridized carbons (Fsp3) is 0.700. The first-order valence-corrected chi connectivity index (χ1v) is 11.3. The first kappa shape index (κ1) is 23.3. The lowest BCUT2D eigenvalue weighted by Crippen LogP contribution is -2.24. The molecule has 1 saturated heterocycles. The van der Waals surface area contributed by atoms with E-state index in [1.165, 1.54) is 0 Å². The van der Waals surface area contributed by atoms with Crippen molar-refractivity contribution >= 4 is 10.1 Å².